The van der Waals surface area contributed by atoms with Crippen LogP contribution >= 0.6 is 0 Å². The van der Waals surface area contributed by atoms with Crippen LogP contribution in [0.1, 0.15) is 12.8 Å². The number of ether oxygens (including phenoxy) is 2. The number of carbonyl (C=O) groups is 1. The molecule has 70 valence electrons. The highest BCUT2D eigenvalue weighted by molar-refractivity contribution is 6.34. The molecule has 0 aromatic heterocycles. The third kappa shape index (κ3) is 3.61. The number of allylic oxidation sites excluding steroid dienone is 1. The molecule has 13 heavy (non-hydrogen) atoms. The van der Waals surface area contributed by atoms with E-state index >= 15 is 0 Å². The third-order valence-electron chi connectivity index (χ3n) is 1.70. The molecule has 0 unspecified atom stereocenters. The van der Waals surface area contributed by atoms with E-state index in [2.05, 4.69) is 0 Å². The monoisotopic (exact) mass is 182 g/mol. The van der Waals surface area contributed by atoms with Gasteiger partial charge in [0.1, 0.15) is 7.85 Å². The van der Waals surface area contributed by atoms with Crippen molar-refractivity contribution in [3.8, 4) is 0 Å². The van der Waals surface area contributed by atoms with Crippen LogP contribution in [-0.2, 0) is 14.3 Å². The first-order chi connectivity index (χ1) is 6.20. The fourth-order valence-electron chi connectivity index (χ4n) is 1.04. The lowest BCUT2D eigenvalue weighted by Crippen LogP contribution is -2.07. The number of carboxylic acid groups (broad SMARTS) is 1. The Balaban J connectivity index is 2.18. The molecule has 0 atom stereocenters. The molecule has 5 heteroatoms. The van der Waals surface area contributed by atoms with E-state index < -0.39 is 5.97 Å². The van der Waals surface area contributed by atoms with Crippen molar-refractivity contribution in [1.82, 2.24) is 0 Å². The van der Waals surface area contributed by atoms with Crippen LogP contribution in [0.2, 0.25) is 0 Å². The number of hydrogen-bond acceptors (Lipinski definition) is 3. The van der Waals surface area contributed by atoms with Crippen LogP contribution < -0.4 is 0 Å². The lowest BCUT2D eigenvalue weighted by Gasteiger charge is -2.05. The normalized spacial score (nSPS) is 19.2. The molecule has 1 aliphatic heterocycles. The maximum atomic E-state index is 10.3. The van der Waals surface area contributed by atoms with E-state index in [-0.39, 0.29) is 11.8 Å². The number of carboxylic acids is 1. The molecule has 0 aromatic carbocycles. The van der Waals surface area contributed by atoms with E-state index in [0.29, 0.717) is 26.1 Å². The van der Waals surface area contributed by atoms with Gasteiger partial charge < -0.3 is 14.6 Å². The zero-order chi connectivity index (χ0) is 9.68. The zero-order valence-corrected chi connectivity index (χ0v) is 7.23. The molecule has 2 radical (unpaired) electrons. The van der Waals surface area contributed by atoms with E-state index in [1.807, 2.05) is 0 Å². The van der Waals surface area contributed by atoms with Crippen LogP contribution in [0.25, 0.3) is 0 Å². The van der Waals surface area contributed by atoms with Crippen molar-refractivity contribution in [1.29, 1.82) is 0 Å². The van der Waals surface area contributed by atoms with E-state index in [4.69, 9.17) is 22.4 Å². The maximum absolute atomic E-state index is 10.3. The van der Waals surface area contributed by atoms with Crippen molar-refractivity contribution >= 4 is 13.8 Å². The SMILES string of the molecule is [B]/C(=C/CCC1OCCO1)C(=O)O. The van der Waals surface area contributed by atoms with Crippen molar-refractivity contribution in [3.63, 3.8) is 0 Å². The van der Waals surface area contributed by atoms with E-state index in [1.54, 1.807) is 0 Å². The van der Waals surface area contributed by atoms with Gasteiger partial charge in [-0.15, -0.1) is 0 Å². The average Bonchev–Trinajstić information content (AvgIpc) is 2.56. The quantitative estimate of drug-likeness (QED) is 0.501. The first kappa shape index (κ1) is 10.3. The molecule has 0 aromatic rings. The predicted octanol–water partition coefficient (Wildman–Crippen LogP) is 0.276. The summed E-state index contributed by atoms with van der Waals surface area (Å²) in [5.74, 6) is -1.09. The molecule has 1 fully saturated rings. The minimum absolute atomic E-state index is 0.127. The minimum atomic E-state index is -1.09. The molecule has 0 amide bonds. The highest BCUT2D eigenvalue weighted by Crippen LogP contribution is 2.10. The smallest absolute Gasteiger partial charge is 0.320 e. The van der Waals surface area contributed by atoms with Gasteiger partial charge in [-0.1, -0.05) is 6.08 Å². The first-order valence-corrected chi connectivity index (χ1v) is 4.12. The Morgan fingerprint density at radius 2 is 2.15 bits per heavy atom. The average molecular weight is 182 g/mol. The molecular formula is C8H11BO4. The lowest BCUT2D eigenvalue weighted by molar-refractivity contribution is -0.131. The number of rotatable bonds is 4. The molecule has 0 aliphatic carbocycles. The predicted molar refractivity (Wildman–Crippen MR) is 46.4 cm³/mol. The van der Waals surface area contributed by atoms with Gasteiger partial charge in [-0.2, -0.15) is 0 Å². The minimum Gasteiger partial charge on any atom is -0.479 e. The first-order valence-electron chi connectivity index (χ1n) is 4.12. The second-order valence-electron chi connectivity index (χ2n) is 2.71. The van der Waals surface area contributed by atoms with E-state index in [1.165, 1.54) is 6.08 Å². The van der Waals surface area contributed by atoms with Crippen LogP contribution in [0, 0.1) is 0 Å². The van der Waals surface area contributed by atoms with Gasteiger partial charge in [0, 0.05) is 6.42 Å². The topological polar surface area (TPSA) is 55.8 Å². The Morgan fingerprint density at radius 1 is 1.54 bits per heavy atom. The van der Waals surface area contributed by atoms with Gasteiger partial charge in [-0.05, 0) is 11.9 Å². The second-order valence-corrected chi connectivity index (χ2v) is 2.71. The van der Waals surface area contributed by atoms with Crippen LogP contribution in [-0.4, -0.2) is 38.4 Å². The van der Waals surface area contributed by atoms with Crippen LogP contribution in [0.5, 0.6) is 0 Å². The second kappa shape index (κ2) is 5.04. The van der Waals surface area contributed by atoms with Gasteiger partial charge in [0.15, 0.2) is 6.29 Å². The fourth-order valence-corrected chi connectivity index (χ4v) is 1.04. The van der Waals surface area contributed by atoms with Gasteiger partial charge in [0.05, 0.1) is 13.2 Å². The molecule has 0 spiro atoms. The molecule has 0 saturated carbocycles. The third-order valence-corrected chi connectivity index (χ3v) is 1.70. The molecule has 1 rings (SSSR count). The summed E-state index contributed by atoms with van der Waals surface area (Å²) in [5.41, 5.74) is -0.127. The van der Waals surface area contributed by atoms with Gasteiger partial charge in [0.2, 0.25) is 0 Å². The van der Waals surface area contributed by atoms with Crippen molar-refractivity contribution < 1.29 is 19.4 Å². The fraction of sp³-hybridized carbons (Fsp3) is 0.625. The molecule has 1 aliphatic rings. The summed E-state index contributed by atoms with van der Waals surface area (Å²) < 4.78 is 10.3. The molecule has 1 N–H and O–H groups in total. The Bertz CT molecular complexity index is 208. The van der Waals surface area contributed by atoms with Gasteiger partial charge in [-0.3, -0.25) is 0 Å². The summed E-state index contributed by atoms with van der Waals surface area (Å²) in [5, 5.41) is 8.42. The van der Waals surface area contributed by atoms with Gasteiger partial charge in [0.25, 0.3) is 0 Å². The summed E-state index contributed by atoms with van der Waals surface area (Å²) in [6, 6.07) is 0. The highest BCUT2D eigenvalue weighted by Gasteiger charge is 2.14. The molecule has 0 bridgehead atoms. The highest BCUT2D eigenvalue weighted by atomic mass is 16.7. The van der Waals surface area contributed by atoms with Crippen molar-refractivity contribution in [2.75, 3.05) is 13.2 Å². The maximum Gasteiger partial charge on any atom is 0.320 e. The Hall–Kier alpha value is -0.805. The summed E-state index contributed by atoms with van der Waals surface area (Å²) >= 11 is 0. The lowest BCUT2D eigenvalue weighted by atomic mass is 9.94. The summed E-state index contributed by atoms with van der Waals surface area (Å²) in [7, 11) is 5.18. The van der Waals surface area contributed by atoms with Crippen molar-refractivity contribution in [3.05, 3.63) is 11.5 Å². The summed E-state index contributed by atoms with van der Waals surface area (Å²) in [6.45, 7) is 1.23. The van der Waals surface area contributed by atoms with E-state index in [0.717, 1.165) is 0 Å². The standard InChI is InChI=1S/C8H11BO4/c9-6(8(10)11)2-1-3-7-12-4-5-13-7/h2,7H,1,3-5H2,(H,10,11)/b6-2+. The molecule has 1 heterocycles. The van der Waals surface area contributed by atoms with Gasteiger partial charge >= 0.3 is 5.97 Å². The van der Waals surface area contributed by atoms with E-state index in [9.17, 15) is 4.79 Å². The van der Waals surface area contributed by atoms with Gasteiger partial charge in [-0.25, -0.2) is 4.79 Å². The van der Waals surface area contributed by atoms with Crippen molar-refractivity contribution in [2.24, 2.45) is 0 Å². The molecule has 4 nitrogen and oxygen atoms in total. The Morgan fingerprint density at radius 3 is 2.69 bits per heavy atom. The number of hydrogen-bond donors (Lipinski definition) is 1. The van der Waals surface area contributed by atoms with Crippen molar-refractivity contribution in [2.45, 2.75) is 19.1 Å². The van der Waals surface area contributed by atoms with Crippen LogP contribution in [0.4, 0.5) is 0 Å². The summed E-state index contributed by atoms with van der Waals surface area (Å²) in [6.07, 6.45) is 2.47. The summed E-state index contributed by atoms with van der Waals surface area (Å²) in [4.78, 5) is 10.3. The Kier molecular flexibility index (Phi) is 3.98. The molecule has 1 saturated heterocycles. The Labute approximate surface area is 77.9 Å². The number of aliphatic carboxylic acids is 1. The van der Waals surface area contributed by atoms with Crippen LogP contribution in [0.3, 0.4) is 0 Å². The van der Waals surface area contributed by atoms with Crippen LogP contribution in [0.15, 0.2) is 11.5 Å². The molecular weight excluding hydrogens is 171 g/mol. The zero-order valence-electron chi connectivity index (χ0n) is 7.23. The largest absolute Gasteiger partial charge is 0.479 e.